The Morgan fingerprint density at radius 1 is 1.36 bits per heavy atom. The Morgan fingerprint density at radius 2 is 2.00 bits per heavy atom. The van der Waals surface area contributed by atoms with Gasteiger partial charge in [-0.3, -0.25) is 4.79 Å². The summed E-state index contributed by atoms with van der Waals surface area (Å²) in [6.45, 7) is 5.47. The summed E-state index contributed by atoms with van der Waals surface area (Å²) in [5.41, 5.74) is -0.461. The number of sulfonamides is 1. The lowest BCUT2D eigenvalue weighted by Gasteiger charge is -2.27. The van der Waals surface area contributed by atoms with Crippen LogP contribution in [0, 0.1) is 5.82 Å². The first-order valence-corrected chi connectivity index (χ1v) is 9.38. The second kappa shape index (κ2) is 6.17. The normalized spacial score (nSPS) is 20.1. The van der Waals surface area contributed by atoms with E-state index < -0.39 is 32.3 Å². The van der Waals surface area contributed by atoms with Crippen LogP contribution >= 0.6 is 11.8 Å². The fourth-order valence-electron chi connectivity index (χ4n) is 2.10. The molecule has 0 aromatic heterocycles. The molecule has 1 aromatic rings. The van der Waals surface area contributed by atoms with Crippen molar-refractivity contribution in [2.24, 2.45) is 0 Å². The van der Waals surface area contributed by atoms with Crippen LogP contribution in [0.25, 0.3) is 0 Å². The van der Waals surface area contributed by atoms with Crippen molar-refractivity contribution in [1.29, 1.82) is 0 Å². The second-order valence-electron chi connectivity index (χ2n) is 6.08. The Labute approximate surface area is 134 Å². The average Bonchev–Trinajstić information content (AvgIpc) is 2.87. The van der Waals surface area contributed by atoms with Gasteiger partial charge in [-0.15, -0.1) is 11.8 Å². The summed E-state index contributed by atoms with van der Waals surface area (Å²) in [4.78, 5) is 11.9. The summed E-state index contributed by atoms with van der Waals surface area (Å²) in [5, 5.41) is 2.78. The average molecular weight is 346 g/mol. The third-order valence-electron chi connectivity index (χ3n) is 3.07. The van der Waals surface area contributed by atoms with Crippen molar-refractivity contribution in [1.82, 2.24) is 9.62 Å². The van der Waals surface area contributed by atoms with Crippen LogP contribution < -0.4 is 5.32 Å². The number of carbonyl (C=O) groups is 1. The molecule has 1 saturated heterocycles. The van der Waals surface area contributed by atoms with E-state index >= 15 is 0 Å². The van der Waals surface area contributed by atoms with Gasteiger partial charge in [0.25, 0.3) is 0 Å². The first-order chi connectivity index (χ1) is 10.1. The monoisotopic (exact) mass is 346 g/mol. The Hall–Kier alpha value is -1.12. The second-order valence-corrected chi connectivity index (χ2v) is 8.94. The summed E-state index contributed by atoms with van der Waals surface area (Å²) < 4.78 is 40.1. The number of nitrogens with zero attached hydrogens (tertiary/aromatic N) is 1. The molecule has 8 heteroatoms. The highest BCUT2D eigenvalue weighted by Gasteiger charge is 2.41. The van der Waals surface area contributed by atoms with Gasteiger partial charge in [-0.1, -0.05) is 12.1 Å². The topological polar surface area (TPSA) is 66.5 Å². The molecule has 1 fully saturated rings. The third-order valence-corrected chi connectivity index (χ3v) is 6.13. The quantitative estimate of drug-likeness (QED) is 0.906. The number of benzene rings is 1. The van der Waals surface area contributed by atoms with E-state index in [1.165, 1.54) is 30.0 Å². The minimum Gasteiger partial charge on any atom is -0.350 e. The predicted octanol–water partition coefficient (Wildman–Crippen LogP) is 1.80. The van der Waals surface area contributed by atoms with E-state index in [-0.39, 0.29) is 11.8 Å². The number of hydrogen-bond acceptors (Lipinski definition) is 4. The molecule has 0 saturated carbocycles. The molecule has 5 nitrogen and oxygen atoms in total. The van der Waals surface area contributed by atoms with Crippen LogP contribution in [0.1, 0.15) is 20.8 Å². The van der Waals surface area contributed by atoms with Crippen LogP contribution in [0.15, 0.2) is 29.2 Å². The lowest BCUT2D eigenvalue weighted by atomic mass is 10.1. The Morgan fingerprint density at radius 3 is 2.59 bits per heavy atom. The van der Waals surface area contributed by atoms with Gasteiger partial charge in [0.05, 0.1) is 5.88 Å². The molecule has 0 bridgehead atoms. The van der Waals surface area contributed by atoms with Gasteiger partial charge < -0.3 is 5.32 Å². The molecule has 2 rings (SSSR count). The Balaban J connectivity index is 2.31. The van der Waals surface area contributed by atoms with Gasteiger partial charge in [-0.05, 0) is 32.9 Å². The van der Waals surface area contributed by atoms with Crippen molar-refractivity contribution in [2.45, 2.75) is 37.2 Å². The van der Waals surface area contributed by atoms with Crippen LogP contribution in [-0.2, 0) is 14.8 Å². The molecule has 1 aliphatic heterocycles. The molecule has 1 aromatic carbocycles. The van der Waals surface area contributed by atoms with Crippen LogP contribution in [0.2, 0.25) is 0 Å². The molecule has 1 atom stereocenters. The Bertz CT molecular complexity index is 671. The van der Waals surface area contributed by atoms with Crippen molar-refractivity contribution in [3.63, 3.8) is 0 Å². The molecule has 22 heavy (non-hydrogen) atoms. The number of carbonyl (C=O) groups excluding carboxylic acids is 1. The zero-order chi connectivity index (χ0) is 16.5. The minimum absolute atomic E-state index is 0.138. The summed E-state index contributed by atoms with van der Waals surface area (Å²) in [7, 11) is -4.04. The van der Waals surface area contributed by atoms with E-state index in [9.17, 15) is 17.6 Å². The molecule has 1 amide bonds. The summed E-state index contributed by atoms with van der Waals surface area (Å²) in [5.74, 6) is -0.680. The van der Waals surface area contributed by atoms with Crippen molar-refractivity contribution in [2.75, 3.05) is 11.6 Å². The van der Waals surface area contributed by atoms with Gasteiger partial charge in [0, 0.05) is 11.3 Å². The van der Waals surface area contributed by atoms with E-state index in [1.807, 2.05) is 20.8 Å². The summed E-state index contributed by atoms with van der Waals surface area (Å²) in [6, 6.07) is 4.38. The maximum atomic E-state index is 13.8. The molecule has 0 radical (unpaired) electrons. The predicted molar refractivity (Wildman–Crippen MR) is 84.4 cm³/mol. The SMILES string of the molecule is CC(C)(C)NC(=O)[C@H]1CSCN1S(=O)(=O)c1ccccc1F. The first kappa shape index (κ1) is 17.2. The number of thioether (sulfide) groups is 1. The highest BCUT2D eigenvalue weighted by Crippen LogP contribution is 2.29. The van der Waals surface area contributed by atoms with E-state index in [1.54, 1.807) is 0 Å². The van der Waals surface area contributed by atoms with Gasteiger partial charge in [-0.2, -0.15) is 4.31 Å². The first-order valence-electron chi connectivity index (χ1n) is 6.79. The lowest BCUT2D eigenvalue weighted by Crippen LogP contribution is -2.52. The van der Waals surface area contributed by atoms with Crippen LogP contribution in [0.5, 0.6) is 0 Å². The molecule has 1 N–H and O–H groups in total. The molecule has 0 unspecified atom stereocenters. The minimum atomic E-state index is -4.04. The fourth-order valence-corrected chi connectivity index (χ4v) is 5.32. The summed E-state index contributed by atoms with van der Waals surface area (Å²) in [6.07, 6.45) is 0. The van der Waals surface area contributed by atoms with Crippen LogP contribution in [0.3, 0.4) is 0 Å². The lowest BCUT2D eigenvalue weighted by molar-refractivity contribution is -0.125. The smallest absolute Gasteiger partial charge is 0.247 e. The molecular formula is C14H19FN2O3S2. The van der Waals surface area contributed by atoms with Crippen molar-refractivity contribution in [3.8, 4) is 0 Å². The number of amides is 1. The number of hydrogen-bond donors (Lipinski definition) is 1. The molecule has 1 aliphatic rings. The van der Waals surface area contributed by atoms with E-state index in [0.29, 0.717) is 5.75 Å². The van der Waals surface area contributed by atoms with Crippen molar-refractivity contribution < 1.29 is 17.6 Å². The highest BCUT2D eigenvalue weighted by molar-refractivity contribution is 8.00. The van der Waals surface area contributed by atoms with Gasteiger partial charge in [-0.25, -0.2) is 12.8 Å². The molecule has 0 spiro atoms. The van der Waals surface area contributed by atoms with Crippen LogP contribution in [0.4, 0.5) is 4.39 Å². The number of halogens is 1. The summed E-state index contributed by atoms with van der Waals surface area (Å²) >= 11 is 1.34. The van der Waals surface area contributed by atoms with E-state index in [2.05, 4.69) is 5.32 Å². The van der Waals surface area contributed by atoms with E-state index in [0.717, 1.165) is 10.4 Å². The zero-order valence-corrected chi connectivity index (χ0v) is 14.3. The van der Waals surface area contributed by atoms with Crippen molar-refractivity contribution >= 4 is 27.7 Å². The van der Waals surface area contributed by atoms with Gasteiger partial charge in [0.15, 0.2) is 0 Å². The van der Waals surface area contributed by atoms with Gasteiger partial charge in [0.2, 0.25) is 15.9 Å². The standard InChI is InChI=1S/C14H19FN2O3S2/c1-14(2,3)16-13(18)11-8-21-9-17(11)22(19,20)12-7-5-4-6-10(12)15/h4-7,11H,8-9H2,1-3H3,(H,16,18)/t11-/m1/s1. The number of nitrogens with one attached hydrogen (secondary N) is 1. The zero-order valence-electron chi connectivity index (χ0n) is 12.7. The largest absolute Gasteiger partial charge is 0.350 e. The van der Waals surface area contributed by atoms with Crippen molar-refractivity contribution in [3.05, 3.63) is 30.1 Å². The van der Waals surface area contributed by atoms with Gasteiger partial charge >= 0.3 is 0 Å². The van der Waals surface area contributed by atoms with Gasteiger partial charge in [0.1, 0.15) is 16.8 Å². The fraction of sp³-hybridized carbons (Fsp3) is 0.500. The molecule has 1 heterocycles. The third kappa shape index (κ3) is 3.61. The maximum Gasteiger partial charge on any atom is 0.247 e. The number of rotatable bonds is 3. The molecular weight excluding hydrogens is 327 g/mol. The highest BCUT2D eigenvalue weighted by atomic mass is 32.2. The van der Waals surface area contributed by atoms with E-state index in [4.69, 9.17) is 0 Å². The van der Waals surface area contributed by atoms with Crippen LogP contribution in [-0.4, -0.2) is 41.8 Å². The Kier molecular flexibility index (Phi) is 4.84. The maximum absolute atomic E-state index is 13.8. The molecule has 0 aliphatic carbocycles. The molecule has 122 valence electrons.